The third kappa shape index (κ3) is 5.13. The zero-order valence-electron chi connectivity index (χ0n) is 11.7. The number of sulfone groups is 1. The smallest absolute Gasteiger partial charge is 0.251 e. The molecular formula is C14H20ClNO3S. The molecule has 0 aliphatic rings. The fraction of sp³-hybridized carbons (Fsp3) is 0.500. The first-order chi connectivity index (χ1) is 9.38. The summed E-state index contributed by atoms with van der Waals surface area (Å²) >= 11 is 5.70. The molecule has 0 aromatic heterocycles. The first-order valence-electron chi connectivity index (χ1n) is 6.52. The standard InChI is InChI=1S/C14H20ClNO3S/c1-3-11(8-9-15)10-16-14(17)12-4-6-13(7-5-12)20(2,18)19/h4-7,11H,3,8-10H2,1-2H3,(H,16,17). The minimum absolute atomic E-state index is 0.196. The minimum atomic E-state index is -3.23. The second-order valence-corrected chi connectivity index (χ2v) is 7.15. The van der Waals surface area contributed by atoms with Gasteiger partial charge in [-0.3, -0.25) is 4.79 Å². The van der Waals surface area contributed by atoms with Crippen LogP contribution in [0.3, 0.4) is 0 Å². The average molecular weight is 318 g/mol. The predicted molar refractivity (Wildman–Crippen MR) is 81.0 cm³/mol. The molecule has 1 rings (SSSR count). The van der Waals surface area contributed by atoms with E-state index in [1.165, 1.54) is 24.3 Å². The van der Waals surface area contributed by atoms with E-state index < -0.39 is 9.84 Å². The number of hydrogen-bond acceptors (Lipinski definition) is 3. The van der Waals surface area contributed by atoms with Crippen LogP contribution in [0.25, 0.3) is 0 Å². The summed E-state index contributed by atoms with van der Waals surface area (Å²) in [5.41, 5.74) is 0.457. The monoisotopic (exact) mass is 317 g/mol. The van der Waals surface area contributed by atoms with Crippen LogP contribution in [0.4, 0.5) is 0 Å². The van der Waals surface area contributed by atoms with Crippen molar-refractivity contribution in [1.29, 1.82) is 0 Å². The Morgan fingerprint density at radius 2 is 1.90 bits per heavy atom. The molecular weight excluding hydrogens is 298 g/mol. The van der Waals surface area contributed by atoms with E-state index in [-0.39, 0.29) is 10.8 Å². The number of alkyl halides is 1. The maximum Gasteiger partial charge on any atom is 0.251 e. The summed E-state index contributed by atoms with van der Waals surface area (Å²) < 4.78 is 22.7. The van der Waals surface area contributed by atoms with Crippen molar-refractivity contribution in [3.63, 3.8) is 0 Å². The number of amides is 1. The van der Waals surface area contributed by atoms with Gasteiger partial charge in [-0.2, -0.15) is 0 Å². The molecule has 0 spiro atoms. The van der Waals surface area contributed by atoms with Crippen molar-refractivity contribution < 1.29 is 13.2 Å². The zero-order chi connectivity index (χ0) is 15.2. The summed E-state index contributed by atoms with van der Waals surface area (Å²) in [6, 6.07) is 5.93. The van der Waals surface area contributed by atoms with Gasteiger partial charge in [-0.25, -0.2) is 8.42 Å². The van der Waals surface area contributed by atoms with E-state index in [4.69, 9.17) is 11.6 Å². The molecule has 20 heavy (non-hydrogen) atoms. The van der Waals surface area contributed by atoms with Gasteiger partial charge in [-0.1, -0.05) is 13.3 Å². The van der Waals surface area contributed by atoms with Crippen LogP contribution in [0.2, 0.25) is 0 Å². The maximum atomic E-state index is 11.9. The number of rotatable bonds is 7. The Hall–Kier alpha value is -1.07. The van der Waals surface area contributed by atoms with E-state index in [9.17, 15) is 13.2 Å². The Kier molecular flexibility index (Phi) is 6.49. The molecule has 112 valence electrons. The third-order valence-corrected chi connectivity index (χ3v) is 4.54. The van der Waals surface area contributed by atoms with Crippen molar-refractivity contribution >= 4 is 27.3 Å². The number of carbonyl (C=O) groups is 1. The van der Waals surface area contributed by atoms with Crippen LogP contribution in [0, 0.1) is 5.92 Å². The number of carbonyl (C=O) groups excluding carboxylic acids is 1. The van der Waals surface area contributed by atoms with Gasteiger partial charge in [0.2, 0.25) is 0 Å². The summed E-state index contributed by atoms with van der Waals surface area (Å²) in [6.07, 6.45) is 2.96. The molecule has 0 aliphatic carbocycles. The SMILES string of the molecule is CCC(CCCl)CNC(=O)c1ccc(S(C)(=O)=O)cc1. The van der Waals surface area contributed by atoms with Gasteiger partial charge in [0.15, 0.2) is 9.84 Å². The van der Waals surface area contributed by atoms with Crippen molar-refractivity contribution in [2.24, 2.45) is 5.92 Å². The average Bonchev–Trinajstić information content (AvgIpc) is 2.42. The molecule has 6 heteroatoms. The van der Waals surface area contributed by atoms with Gasteiger partial charge >= 0.3 is 0 Å². The summed E-state index contributed by atoms with van der Waals surface area (Å²) in [5.74, 6) is 0.752. The first-order valence-corrected chi connectivity index (χ1v) is 8.95. The van der Waals surface area contributed by atoms with E-state index in [1.54, 1.807) is 0 Å². The highest BCUT2D eigenvalue weighted by Crippen LogP contribution is 2.11. The summed E-state index contributed by atoms with van der Waals surface area (Å²) in [7, 11) is -3.23. The molecule has 1 atom stereocenters. The largest absolute Gasteiger partial charge is 0.352 e. The number of nitrogens with one attached hydrogen (secondary N) is 1. The van der Waals surface area contributed by atoms with Crippen LogP contribution in [0.15, 0.2) is 29.2 Å². The molecule has 0 saturated carbocycles. The highest BCUT2D eigenvalue weighted by Gasteiger charge is 2.11. The molecule has 0 saturated heterocycles. The molecule has 1 aromatic rings. The first kappa shape index (κ1) is 17.0. The van der Waals surface area contributed by atoms with Crippen molar-refractivity contribution in [1.82, 2.24) is 5.32 Å². The van der Waals surface area contributed by atoms with E-state index in [1.807, 2.05) is 0 Å². The van der Waals surface area contributed by atoms with Crippen molar-refractivity contribution in [3.05, 3.63) is 29.8 Å². The maximum absolute atomic E-state index is 11.9. The van der Waals surface area contributed by atoms with Crippen molar-refractivity contribution in [3.8, 4) is 0 Å². The normalized spacial score (nSPS) is 12.9. The highest BCUT2D eigenvalue weighted by molar-refractivity contribution is 7.90. The second kappa shape index (κ2) is 7.64. The Bertz CT molecular complexity index is 540. The number of halogens is 1. The van der Waals surface area contributed by atoms with Crippen LogP contribution in [0.1, 0.15) is 30.1 Å². The lowest BCUT2D eigenvalue weighted by Crippen LogP contribution is -2.29. The molecule has 0 heterocycles. The van der Waals surface area contributed by atoms with Crippen LogP contribution in [-0.4, -0.2) is 33.0 Å². The van der Waals surface area contributed by atoms with Gasteiger partial charge in [0.1, 0.15) is 0 Å². The van der Waals surface area contributed by atoms with E-state index in [0.29, 0.717) is 23.9 Å². The molecule has 0 aliphatic heterocycles. The third-order valence-electron chi connectivity index (χ3n) is 3.19. The minimum Gasteiger partial charge on any atom is -0.352 e. The zero-order valence-corrected chi connectivity index (χ0v) is 13.3. The van der Waals surface area contributed by atoms with Crippen LogP contribution in [0.5, 0.6) is 0 Å². The lowest BCUT2D eigenvalue weighted by Gasteiger charge is -2.14. The molecule has 0 fully saturated rings. The van der Waals surface area contributed by atoms with Gasteiger partial charge in [-0.05, 0) is 36.6 Å². The second-order valence-electron chi connectivity index (χ2n) is 4.76. The molecule has 1 aromatic carbocycles. The Morgan fingerprint density at radius 3 is 2.35 bits per heavy atom. The molecule has 0 radical (unpaired) electrons. The lowest BCUT2D eigenvalue weighted by atomic mass is 10.0. The van der Waals surface area contributed by atoms with Gasteiger partial charge in [0, 0.05) is 24.2 Å². The molecule has 1 unspecified atom stereocenters. The van der Waals surface area contributed by atoms with Gasteiger partial charge < -0.3 is 5.32 Å². The van der Waals surface area contributed by atoms with Crippen molar-refractivity contribution in [2.45, 2.75) is 24.7 Å². The quantitative estimate of drug-likeness (QED) is 0.786. The van der Waals surface area contributed by atoms with E-state index in [2.05, 4.69) is 12.2 Å². The number of hydrogen-bond donors (Lipinski definition) is 1. The van der Waals surface area contributed by atoms with E-state index in [0.717, 1.165) is 19.1 Å². The summed E-state index contributed by atoms with van der Waals surface area (Å²) in [5, 5.41) is 2.85. The van der Waals surface area contributed by atoms with Gasteiger partial charge in [0.25, 0.3) is 5.91 Å². The number of benzene rings is 1. The fourth-order valence-corrected chi connectivity index (χ4v) is 2.74. The van der Waals surface area contributed by atoms with Crippen LogP contribution >= 0.6 is 11.6 Å². The highest BCUT2D eigenvalue weighted by atomic mass is 35.5. The van der Waals surface area contributed by atoms with Gasteiger partial charge in [-0.15, -0.1) is 11.6 Å². The molecule has 1 amide bonds. The Balaban J connectivity index is 2.64. The topological polar surface area (TPSA) is 63.2 Å². The predicted octanol–water partition coefficient (Wildman–Crippen LogP) is 2.48. The van der Waals surface area contributed by atoms with Gasteiger partial charge in [0.05, 0.1) is 4.90 Å². The fourth-order valence-electron chi connectivity index (χ4n) is 1.80. The van der Waals surface area contributed by atoms with Crippen LogP contribution < -0.4 is 5.32 Å². The van der Waals surface area contributed by atoms with Crippen LogP contribution in [-0.2, 0) is 9.84 Å². The van der Waals surface area contributed by atoms with Crippen molar-refractivity contribution in [2.75, 3.05) is 18.7 Å². The lowest BCUT2D eigenvalue weighted by molar-refractivity contribution is 0.0946. The molecule has 1 N–H and O–H groups in total. The summed E-state index contributed by atoms with van der Waals surface area (Å²) in [4.78, 5) is 12.1. The molecule has 0 bridgehead atoms. The molecule has 4 nitrogen and oxygen atoms in total. The Labute approximate surface area is 125 Å². The Morgan fingerprint density at radius 1 is 1.30 bits per heavy atom. The van der Waals surface area contributed by atoms with E-state index >= 15 is 0 Å². The summed E-state index contributed by atoms with van der Waals surface area (Å²) in [6.45, 7) is 2.64.